The molecular weight excluding hydrogens is 391 g/mol. The van der Waals surface area contributed by atoms with E-state index in [9.17, 15) is 4.79 Å². The number of hydrogen-bond donors (Lipinski definition) is 1. The van der Waals surface area contributed by atoms with E-state index in [2.05, 4.69) is 33.1 Å². The van der Waals surface area contributed by atoms with Gasteiger partial charge in [0.25, 0.3) is 5.91 Å². The van der Waals surface area contributed by atoms with Crippen LogP contribution in [-0.4, -0.2) is 18.2 Å². The lowest BCUT2D eigenvalue weighted by atomic mass is 10.2. The molecule has 0 spiro atoms. The fraction of sp³-hybridized carbons (Fsp3) is 0.176. The van der Waals surface area contributed by atoms with Gasteiger partial charge < -0.3 is 4.74 Å². The minimum atomic E-state index is -0.229. The summed E-state index contributed by atoms with van der Waals surface area (Å²) in [5.41, 5.74) is 3.98. The molecule has 114 valence electrons. The van der Waals surface area contributed by atoms with Crippen LogP contribution in [0.2, 0.25) is 0 Å². The van der Waals surface area contributed by atoms with Crippen molar-refractivity contribution < 1.29 is 9.53 Å². The fourth-order valence-electron chi connectivity index (χ4n) is 1.74. The molecule has 0 radical (unpaired) electrons. The Balaban J connectivity index is 1.91. The monoisotopic (exact) mass is 408 g/mol. The maximum Gasteiger partial charge on any atom is 0.271 e. The first-order valence-electron chi connectivity index (χ1n) is 6.90. The van der Waals surface area contributed by atoms with Gasteiger partial charge in [0.1, 0.15) is 5.75 Å². The van der Waals surface area contributed by atoms with Gasteiger partial charge in [0, 0.05) is 9.13 Å². The Morgan fingerprint density at radius 2 is 1.77 bits per heavy atom. The molecule has 0 aliphatic rings. The Bertz CT molecular complexity index is 649. The van der Waals surface area contributed by atoms with Gasteiger partial charge in [-0.1, -0.05) is 0 Å². The van der Waals surface area contributed by atoms with Crippen molar-refractivity contribution in [3.8, 4) is 5.75 Å². The first kappa shape index (κ1) is 16.5. The summed E-state index contributed by atoms with van der Waals surface area (Å²) in [7, 11) is 0. The number of nitrogens with zero attached hydrogens (tertiary/aromatic N) is 1. The number of rotatable bonds is 5. The lowest BCUT2D eigenvalue weighted by molar-refractivity contribution is 0.0955. The summed E-state index contributed by atoms with van der Waals surface area (Å²) in [6.45, 7) is 3.96. The van der Waals surface area contributed by atoms with Crippen LogP contribution in [0.15, 0.2) is 53.6 Å². The number of carbonyl (C=O) groups is 1. The normalized spacial score (nSPS) is 10.9. The molecule has 2 aromatic carbocycles. The van der Waals surface area contributed by atoms with Gasteiger partial charge in [0.2, 0.25) is 0 Å². The van der Waals surface area contributed by atoms with Crippen molar-refractivity contribution in [3.63, 3.8) is 0 Å². The molecule has 2 aromatic rings. The number of amides is 1. The highest BCUT2D eigenvalue weighted by molar-refractivity contribution is 14.1. The average Bonchev–Trinajstić information content (AvgIpc) is 2.49. The zero-order valence-electron chi connectivity index (χ0n) is 12.4. The number of ether oxygens (including phenoxy) is 1. The summed E-state index contributed by atoms with van der Waals surface area (Å²) in [4.78, 5) is 11.9. The minimum absolute atomic E-state index is 0.146. The van der Waals surface area contributed by atoms with Crippen LogP contribution in [0.3, 0.4) is 0 Å². The van der Waals surface area contributed by atoms with Crippen molar-refractivity contribution in [1.29, 1.82) is 0 Å². The predicted octanol–water partition coefficient (Wildman–Crippen LogP) is 3.84. The van der Waals surface area contributed by atoms with E-state index in [1.165, 1.54) is 0 Å². The van der Waals surface area contributed by atoms with Gasteiger partial charge in [-0.15, -0.1) is 0 Å². The molecule has 0 atom stereocenters. The third kappa shape index (κ3) is 5.14. The van der Waals surface area contributed by atoms with Crippen molar-refractivity contribution in [3.05, 3.63) is 63.2 Å². The molecule has 0 aliphatic carbocycles. The van der Waals surface area contributed by atoms with E-state index in [1.807, 2.05) is 50.2 Å². The van der Waals surface area contributed by atoms with Gasteiger partial charge in [-0.3, -0.25) is 4.79 Å². The van der Waals surface area contributed by atoms with Crippen molar-refractivity contribution in [2.24, 2.45) is 5.10 Å². The van der Waals surface area contributed by atoms with E-state index in [0.717, 1.165) is 14.9 Å². The van der Waals surface area contributed by atoms with Crippen molar-refractivity contribution in [1.82, 2.24) is 5.43 Å². The standard InChI is InChI=1S/C17H17IN2O2/c1-12(2)22-16-9-3-13(4-10-16)11-19-20-17(21)14-5-7-15(18)8-6-14/h3-12H,1-2H3,(H,20,21)/b19-11-. The first-order chi connectivity index (χ1) is 10.5. The van der Waals surface area contributed by atoms with Crippen molar-refractivity contribution in [2.45, 2.75) is 20.0 Å². The largest absolute Gasteiger partial charge is 0.491 e. The molecule has 0 bridgehead atoms. The summed E-state index contributed by atoms with van der Waals surface area (Å²) >= 11 is 2.19. The zero-order chi connectivity index (χ0) is 15.9. The van der Waals surface area contributed by atoms with Gasteiger partial charge in [0.05, 0.1) is 12.3 Å². The molecule has 4 nitrogen and oxygen atoms in total. The van der Waals surface area contributed by atoms with E-state index in [1.54, 1.807) is 18.3 Å². The van der Waals surface area contributed by atoms with Crippen LogP contribution in [0.1, 0.15) is 29.8 Å². The van der Waals surface area contributed by atoms with Crippen LogP contribution < -0.4 is 10.2 Å². The Kier molecular flexibility index (Phi) is 5.94. The smallest absolute Gasteiger partial charge is 0.271 e. The van der Waals surface area contributed by atoms with Crippen LogP contribution in [0, 0.1) is 3.57 Å². The zero-order valence-corrected chi connectivity index (χ0v) is 14.6. The second kappa shape index (κ2) is 7.93. The van der Waals surface area contributed by atoms with E-state index >= 15 is 0 Å². The Labute approximate surface area is 143 Å². The van der Waals surface area contributed by atoms with Gasteiger partial charge in [-0.05, 0) is 90.5 Å². The highest BCUT2D eigenvalue weighted by atomic mass is 127. The SMILES string of the molecule is CC(C)Oc1ccc(/C=N\NC(=O)c2ccc(I)cc2)cc1. The summed E-state index contributed by atoms with van der Waals surface area (Å²) in [6.07, 6.45) is 1.75. The van der Waals surface area contributed by atoms with Crippen LogP contribution in [-0.2, 0) is 0 Å². The number of benzene rings is 2. The van der Waals surface area contributed by atoms with Gasteiger partial charge >= 0.3 is 0 Å². The number of nitrogens with one attached hydrogen (secondary N) is 1. The number of hydrazone groups is 1. The highest BCUT2D eigenvalue weighted by Gasteiger charge is 2.03. The summed E-state index contributed by atoms with van der Waals surface area (Å²) in [5, 5.41) is 3.96. The van der Waals surface area contributed by atoms with E-state index in [0.29, 0.717) is 5.56 Å². The van der Waals surface area contributed by atoms with Crippen LogP contribution in [0.5, 0.6) is 5.75 Å². The third-order valence-corrected chi connectivity index (χ3v) is 3.46. The topological polar surface area (TPSA) is 50.7 Å². The predicted molar refractivity (Wildman–Crippen MR) is 96.4 cm³/mol. The number of hydrogen-bond acceptors (Lipinski definition) is 3. The molecule has 1 N–H and O–H groups in total. The lowest BCUT2D eigenvalue weighted by Crippen LogP contribution is -2.17. The van der Waals surface area contributed by atoms with E-state index in [-0.39, 0.29) is 12.0 Å². The van der Waals surface area contributed by atoms with Crippen LogP contribution >= 0.6 is 22.6 Å². The van der Waals surface area contributed by atoms with Gasteiger partial charge in [-0.2, -0.15) is 5.10 Å². The molecule has 5 heteroatoms. The Morgan fingerprint density at radius 1 is 1.14 bits per heavy atom. The van der Waals surface area contributed by atoms with Crippen LogP contribution in [0.4, 0.5) is 0 Å². The molecule has 2 rings (SSSR count). The van der Waals surface area contributed by atoms with Crippen molar-refractivity contribution in [2.75, 3.05) is 0 Å². The highest BCUT2D eigenvalue weighted by Crippen LogP contribution is 2.12. The second-order valence-electron chi connectivity index (χ2n) is 4.94. The molecule has 22 heavy (non-hydrogen) atoms. The number of carbonyl (C=O) groups excluding carboxylic acids is 1. The summed E-state index contributed by atoms with van der Waals surface area (Å²) in [5.74, 6) is 0.586. The minimum Gasteiger partial charge on any atom is -0.491 e. The maximum atomic E-state index is 11.9. The molecule has 0 aliphatic heterocycles. The fourth-order valence-corrected chi connectivity index (χ4v) is 2.10. The molecule has 0 aromatic heterocycles. The summed E-state index contributed by atoms with van der Waals surface area (Å²) < 4.78 is 6.65. The second-order valence-corrected chi connectivity index (χ2v) is 6.19. The Morgan fingerprint density at radius 3 is 2.36 bits per heavy atom. The molecule has 0 saturated carbocycles. The van der Waals surface area contributed by atoms with E-state index in [4.69, 9.17) is 4.74 Å². The van der Waals surface area contributed by atoms with E-state index < -0.39 is 0 Å². The molecule has 0 fully saturated rings. The molecular formula is C17H17IN2O2. The molecule has 1 amide bonds. The Hall–Kier alpha value is -1.89. The maximum absolute atomic E-state index is 11.9. The third-order valence-electron chi connectivity index (χ3n) is 2.74. The molecule has 0 unspecified atom stereocenters. The lowest BCUT2D eigenvalue weighted by Gasteiger charge is -2.09. The van der Waals surface area contributed by atoms with Crippen LogP contribution in [0.25, 0.3) is 0 Å². The molecule has 0 saturated heterocycles. The molecule has 0 heterocycles. The first-order valence-corrected chi connectivity index (χ1v) is 7.98. The van der Waals surface area contributed by atoms with Gasteiger partial charge in [-0.25, -0.2) is 5.43 Å². The quantitative estimate of drug-likeness (QED) is 0.465. The summed E-state index contributed by atoms with van der Waals surface area (Å²) in [6, 6.07) is 14.8. The van der Waals surface area contributed by atoms with Crippen molar-refractivity contribution >= 4 is 34.7 Å². The number of halogens is 1. The van der Waals surface area contributed by atoms with Gasteiger partial charge in [0.15, 0.2) is 0 Å². The average molecular weight is 408 g/mol.